The maximum Gasteiger partial charge on any atom is 0.259 e. The summed E-state index contributed by atoms with van der Waals surface area (Å²) in [5, 5.41) is 6.94. The molecule has 0 saturated carbocycles. The SMILES string of the molecule is COc1cccc(NCC(=O)N/N=C\c2ccc(OC)cc2OC)c1. The van der Waals surface area contributed by atoms with Crippen molar-refractivity contribution in [1.82, 2.24) is 5.43 Å². The van der Waals surface area contributed by atoms with E-state index >= 15 is 0 Å². The number of hydrogen-bond donors (Lipinski definition) is 2. The van der Waals surface area contributed by atoms with Crippen molar-refractivity contribution in [2.75, 3.05) is 33.2 Å². The lowest BCUT2D eigenvalue weighted by atomic mass is 10.2. The standard InChI is InChI=1S/C18H21N3O4/c1-23-15-6-4-5-14(9-15)19-12-18(22)21-20-11-13-7-8-16(24-2)10-17(13)25-3/h4-11,19H,12H2,1-3H3,(H,21,22)/b20-11-. The van der Waals surface area contributed by atoms with Crippen LogP contribution in [0.15, 0.2) is 47.6 Å². The van der Waals surface area contributed by atoms with Crippen LogP contribution in [0, 0.1) is 0 Å². The molecule has 0 aliphatic carbocycles. The highest BCUT2D eigenvalue weighted by atomic mass is 16.5. The van der Waals surface area contributed by atoms with Gasteiger partial charge in [-0.25, -0.2) is 5.43 Å². The molecule has 0 aromatic heterocycles. The van der Waals surface area contributed by atoms with Crippen LogP contribution in [0.1, 0.15) is 5.56 Å². The maximum atomic E-state index is 11.8. The molecule has 0 heterocycles. The zero-order valence-corrected chi connectivity index (χ0v) is 14.4. The van der Waals surface area contributed by atoms with Crippen molar-refractivity contribution in [2.45, 2.75) is 0 Å². The molecule has 2 N–H and O–H groups in total. The highest BCUT2D eigenvalue weighted by Crippen LogP contribution is 2.23. The Hall–Kier alpha value is -3.22. The van der Waals surface area contributed by atoms with Crippen molar-refractivity contribution in [3.63, 3.8) is 0 Å². The zero-order chi connectivity index (χ0) is 18.1. The third-order valence-electron chi connectivity index (χ3n) is 3.36. The smallest absolute Gasteiger partial charge is 0.259 e. The average molecular weight is 343 g/mol. The Morgan fingerprint density at radius 3 is 2.52 bits per heavy atom. The first kappa shape index (κ1) is 18.1. The summed E-state index contributed by atoms with van der Waals surface area (Å²) in [5.74, 6) is 1.73. The molecular weight excluding hydrogens is 322 g/mol. The Morgan fingerprint density at radius 2 is 1.80 bits per heavy atom. The Bertz CT molecular complexity index is 747. The number of carbonyl (C=O) groups is 1. The number of hydrazone groups is 1. The molecule has 7 nitrogen and oxygen atoms in total. The predicted octanol–water partition coefficient (Wildman–Crippen LogP) is 2.27. The van der Waals surface area contributed by atoms with E-state index in [0.29, 0.717) is 11.5 Å². The molecule has 25 heavy (non-hydrogen) atoms. The summed E-state index contributed by atoms with van der Waals surface area (Å²) >= 11 is 0. The largest absolute Gasteiger partial charge is 0.497 e. The Kier molecular flexibility index (Phi) is 6.65. The molecule has 0 unspecified atom stereocenters. The molecule has 2 rings (SSSR count). The lowest BCUT2D eigenvalue weighted by Crippen LogP contribution is -2.25. The minimum absolute atomic E-state index is 0.0876. The van der Waals surface area contributed by atoms with Crippen LogP contribution in [-0.2, 0) is 4.79 Å². The van der Waals surface area contributed by atoms with Crippen LogP contribution >= 0.6 is 0 Å². The van der Waals surface area contributed by atoms with Gasteiger partial charge in [0, 0.05) is 23.4 Å². The van der Waals surface area contributed by atoms with Gasteiger partial charge in [0.2, 0.25) is 0 Å². The van der Waals surface area contributed by atoms with E-state index < -0.39 is 0 Å². The Morgan fingerprint density at radius 1 is 1.04 bits per heavy atom. The highest BCUT2D eigenvalue weighted by Gasteiger charge is 2.04. The van der Waals surface area contributed by atoms with Gasteiger partial charge in [0.1, 0.15) is 17.2 Å². The van der Waals surface area contributed by atoms with Crippen molar-refractivity contribution in [3.05, 3.63) is 48.0 Å². The quantitative estimate of drug-likeness (QED) is 0.568. The number of benzene rings is 2. The van der Waals surface area contributed by atoms with Crippen LogP contribution in [-0.4, -0.2) is 40.0 Å². The van der Waals surface area contributed by atoms with Gasteiger partial charge in [0.05, 0.1) is 34.1 Å². The molecule has 0 saturated heterocycles. The lowest BCUT2D eigenvalue weighted by molar-refractivity contribution is -0.119. The van der Waals surface area contributed by atoms with Crippen LogP contribution in [0.25, 0.3) is 0 Å². The summed E-state index contributed by atoms with van der Waals surface area (Å²) in [7, 11) is 4.73. The normalized spacial score (nSPS) is 10.4. The summed E-state index contributed by atoms with van der Waals surface area (Å²) in [6, 6.07) is 12.6. The second kappa shape index (κ2) is 9.17. The molecule has 132 valence electrons. The number of methoxy groups -OCH3 is 3. The van der Waals surface area contributed by atoms with Gasteiger partial charge in [-0.2, -0.15) is 5.10 Å². The number of rotatable bonds is 8. The topological polar surface area (TPSA) is 81.2 Å². The molecule has 1 amide bonds. The zero-order valence-electron chi connectivity index (χ0n) is 14.4. The van der Waals surface area contributed by atoms with E-state index in [1.807, 2.05) is 18.2 Å². The molecule has 0 radical (unpaired) electrons. The van der Waals surface area contributed by atoms with E-state index in [9.17, 15) is 4.79 Å². The van der Waals surface area contributed by atoms with E-state index in [-0.39, 0.29) is 12.5 Å². The average Bonchev–Trinajstić information content (AvgIpc) is 2.66. The number of ether oxygens (including phenoxy) is 3. The molecule has 0 aliphatic heterocycles. The van der Waals surface area contributed by atoms with Crippen molar-refractivity contribution >= 4 is 17.8 Å². The summed E-state index contributed by atoms with van der Waals surface area (Å²) in [4.78, 5) is 11.8. The Labute approximate surface area is 146 Å². The van der Waals surface area contributed by atoms with Crippen LogP contribution in [0.2, 0.25) is 0 Å². The maximum absolute atomic E-state index is 11.8. The monoisotopic (exact) mass is 343 g/mol. The van der Waals surface area contributed by atoms with E-state index in [0.717, 1.165) is 17.0 Å². The van der Waals surface area contributed by atoms with Crippen molar-refractivity contribution in [2.24, 2.45) is 5.10 Å². The van der Waals surface area contributed by atoms with Crippen molar-refractivity contribution < 1.29 is 19.0 Å². The molecule has 7 heteroatoms. The Balaban J connectivity index is 1.88. The molecule has 0 spiro atoms. The number of anilines is 1. The van der Waals surface area contributed by atoms with Gasteiger partial charge in [0.15, 0.2) is 0 Å². The third kappa shape index (κ3) is 5.42. The minimum atomic E-state index is -0.272. The van der Waals surface area contributed by atoms with E-state index in [1.54, 1.807) is 45.6 Å². The first-order valence-electron chi connectivity index (χ1n) is 7.58. The van der Waals surface area contributed by atoms with E-state index in [1.165, 1.54) is 6.21 Å². The fourth-order valence-electron chi connectivity index (χ4n) is 2.05. The second-order valence-corrected chi connectivity index (χ2v) is 4.99. The molecule has 0 aliphatic rings. The fraction of sp³-hybridized carbons (Fsp3) is 0.222. The first-order chi connectivity index (χ1) is 12.2. The van der Waals surface area contributed by atoms with Crippen LogP contribution in [0.4, 0.5) is 5.69 Å². The summed E-state index contributed by atoms with van der Waals surface area (Å²) in [5.41, 5.74) is 3.97. The van der Waals surface area contributed by atoms with E-state index in [2.05, 4.69) is 15.8 Å². The molecule has 2 aromatic rings. The number of amides is 1. The molecular formula is C18H21N3O4. The van der Waals surface area contributed by atoms with Gasteiger partial charge < -0.3 is 19.5 Å². The van der Waals surface area contributed by atoms with Crippen LogP contribution < -0.4 is 25.0 Å². The number of carbonyl (C=O) groups excluding carboxylic acids is 1. The first-order valence-corrected chi connectivity index (χ1v) is 7.58. The molecule has 0 bridgehead atoms. The highest BCUT2D eigenvalue weighted by molar-refractivity contribution is 5.86. The van der Waals surface area contributed by atoms with Gasteiger partial charge >= 0.3 is 0 Å². The number of nitrogens with one attached hydrogen (secondary N) is 2. The van der Waals surface area contributed by atoms with Crippen LogP contribution in [0.3, 0.4) is 0 Å². The summed E-state index contributed by atoms with van der Waals surface area (Å²) in [6.45, 7) is 0.0876. The van der Waals surface area contributed by atoms with Gasteiger partial charge in [-0.15, -0.1) is 0 Å². The summed E-state index contributed by atoms with van der Waals surface area (Å²) in [6.07, 6.45) is 1.52. The van der Waals surface area contributed by atoms with Gasteiger partial charge in [-0.1, -0.05) is 6.07 Å². The number of nitrogens with zero attached hydrogens (tertiary/aromatic N) is 1. The lowest BCUT2D eigenvalue weighted by Gasteiger charge is -2.08. The van der Waals surface area contributed by atoms with E-state index in [4.69, 9.17) is 14.2 Å². The fourth-order valence-corrected chi connectivity index (χ4v) is 2.05. The molecule has 2 aromatic carbocycles. The van der Waals surface area contributed by atoms with Gasteiger partial charge in [-0.3, -0.25) is 4.79 Å². The molecule has 0 fully saturated rings. The number of hydrogen-bond acceptors (Lipinski definition) is 6. The van der Waals surface area contributed by atoms with Crippen molar-refractivity contribution in [1.29, 1.82) is 0 Å². The third-order valence-corrected chi connectivity index (χ3v) is 3.36. The molecule has 0 atom stereocenters. The van der Waals surface area contributed by atoms with Crippen LogP contribution in [0.5, 0.6) is 17.2 Å². The minimum Gasteiger partial charge on any atom is -0.497 e. The van der Waals surface area contributed by atoms with Crippen molar-refractivity contribution in [3.8, 4) is 17.2 Å². The summed E-state index contributed by atoms with van der Waals surface area (Å²) < 4.78 is 15.5. The van der Waals surface area contributed by atoms with Gasteiger partial charge in [-0.05, 0) is 24.3 Å². The van der Waals surface area contributed by atoms with Gasteiger partial charge in [0.25, 0.3) is 5.91 Å². The second-order valence-electron chi connectivity index (χ2n) is 4.99. The predicted molar refractivity (Wildman–Crippen MR) is 96.8 cm³/mol.